The molecule has 5 nitrogen and oxygen atoms in total. The van der Waals surface area contributed by atoms with E-state index in [2.05, 4.69) is 0 Å². The molecule has 0 heterocycles. The molecular weight excluding hydrogens is 268 g/mol. The van der Waals surface area contributed by atoms with Gasteiger partial charge in [-0.25, -0.2) is 0 Å². The van der Waals surface area contributed by atoms with Gasteiger partial charge in [-0.2, -0.15) is 0 Å². The number of rotatable bonds is 7. The number of nitrogen functional groups attached to an aromatic ring is 1. The largest absolute Gasteiger partial charge is 0.398 e. The minimum absolute atomic E-state index is 0. The second kappa shape index (κ2) is 9.61. The van der Waals surface area contributed by atoms with Gasteiger partial charge in [-0.1, -0.05) is 12.1 Å². The third-order valence-electron chi connectivity index (χ3n) is 2.61. The number of nitrogens with two attached hydrogens (primary N) is 1. The molecule has 1 amide bonds. The number of hydrogen-bond acceptors (Lipinski definition) is 4. The zero-order valence-corrected chi connectivity index (χ0v) is 12.1. The number of hydrogen-bond donors (Lipinski definition) is 1. The Kier molecular flexibility index (Phi) is 8.95. The smallest absolute Gasteiger partial charge is 0.256 e. The average Bonchev–Trinajstić information content (AvgIpc) is 2.39. The molecule has 108 valence electrons. The van der Waals surface area contributed by atoms with E-state index >= 15 is 0 Å². The molecule has 0 spiro atoms. The summed E-state index contributed by atoms with van der Waals surface area (Å²) in [5, 5.41) is 0. The Bertz CT molecular complexity index is 380. The molecule has 0 radical (unpaired) electrons. The summed E-state index contributed by atoms with van der Waals surface area (Å²) in [5.74, 6) is -0.0952. The molecule has 6 heteroatoms. The molecule has 0 aliphatic heterocycles. The number of carbonyl (C=O) groups excluding carboxylic acids is 1. The first-order chi connectivity index (χ1) is 8.70. The number of methoxy groups -OCH3 is 2. The second-order valence-electron chi connectivity index (χ2n) is 3.87. The van der Waals surface area contributed by atoms with E-state index in [4.69, 9.17) is 15.2 Å². The molecule has 2 N–H and O–H groups in total. The third-order valence-corrected chi connectivity index (χ3v) is 2.61. The van der Waals surface area contributed by atoms with Crippen molar-refractivity contribution >= 4 is 24.0 Å². The Morgan fingerprint density at radius 1 is 1.16 bits per heavy atom. The number of benzene rings is 1. The summed E-state index contributed by atoms with van der Waals surface area (Å²) in [7, 11) is 3.21. The van der Waals surface area contributed by atoms with Gasteiger partial charge in [0.25, 0.3) is 5.91 Å². The fourth-order valence-corrected chi connectivity index (χ4v) is 1.58. The minimum Gasteiger partial charge on any atom is -0.398 e. The van der Waals surface area contributed by atoms with Gasteiger partial charge in [-0.3, -0.25) is 4.79 Å². The van der Waals surface area contributed by atoms with Crippen LogP contribution in [0.2, 0.25) is 0 Å². The van der Waals surface area contributed by atoms with Crippen molar-refractivity contribution in [3.8, 4) is 0 Å². The number of halogens is 1. The molecule has 1 aromatic carbocycles. The highest BCUT2D eigenvalue weighted by Gasteiger charge is 2.17. The van der Waals surface area contributed by atoms with Gasteiger partial charge in [0.05, 0.1) is 18.8 Å². The molecule has 0 atom stereocenters. The lowest BCUT2D eigenvalue weighted by Crippen LogP contribution is -2.36. The molecule has 0 aliphatic rings. The maximum Gasteiger partial charge on any atom is 0.256 e. The number of anilines is 1. The van der Waals surface area contributed by atoms with Crippen molar-refractivity contribution < 1.29 is 14.3 Å². The van der Waals surface area contributed by atoms with E-state index in [-0.39, 0.29) is 18.3 Å². The van der Waals surface area contributed by atoms with Crippen molar-refractivity contribution in [1.29, 1.82) is 0 Å². The van der Waals surface area contributed by atoms with E-state index in [1.807, 2.05) is 0 Å². The van der Waals surface area contributed by atoms with Crippen LogP contribution in [0.4, 0.5) is 5.69 Å². The highest BCUT2D eigenvalue weighted by atomic mass is 35.5. The Labute approximate surface area is 120 Å². The molecule has 19 heavy (non-hydrogen) atoms. The SMILES string of the molecule is COCCN(CCOC)C(=O)c1ccccc1N.Cl. The van der Waals surface area contributed by atoms with Crippen LogP contribution in [0, 0.1) is 0 Å². The lowest BCUT2D eigenvalue weighted by molar-refractivity contribution is 0.0628. The quantitative estimate of drug-likeness (QED) is 0.771. The van der Waals surface area contributed by atoms with Crippen molar-refractivity contribution in [1.82, 2.24) is 4.90 Å². The normalized spacial score (nSPS) is 9.79. The summed E-state index contributed by atoms with van der Waals surface area (Å²) in [4.78, 5) is 14.0. The lowest BCUT2D eigenvalue weighted by atomic mass is 10.1. The standard InChI is InChI=1S/C13H20N2O3.ClH/c1-17-9-7-15(8-10-18-2)13(16)11-5-3-4-6-12(11)14;/h3-6H,7-10,14H2,1-2H3;1H. The van der Waals surface area contributed by atoms with Gasteiger partial charge in [0.2, 0.25) is 0 Å². The molecule has 1 aromatic rings. The van der Waals surface area contributed by atoms with Crippen LogP contribution in [0.3, 0.4) is 0 Å². The molecule has 1 rings (SSSR count). The van der Waals surface area contributed by atoms with E-state index in [0.29, 0.717) is 37.6 Å². The minimum atomic E-state index is -0.0952. The predicted molar refractivity (Wildman–Crippen MR) is 77.8 cm³/mol. The zero-order chi connectivity index (χ0) is 13.4. The van der Waals surface area contributed by atoms with Crippen molar-refractivity contribution in [2.45, 2.75) is 0 Å². The number of para-hydroxylation sites is 1. The number of ether oxygens (including phenoxy) is 2. The third kappa shape index (κ3) is 5.46. The first kappa shape index (κ1) is 17.7. The second-order valence-corrected chi connectivity index (χ2v) is 3.87. The lowest BCUT2D eigenvalue weighted by Gasteiger charge is -2.22. The first-order valence-electron chi connectivity index (χ1n) is 5.82. The summed E-state index contributed by atoms with van der Waals surface area (Å²) < 4.78 is 10.0. The van der Waals surface area contributed by atoms with Gasteiger partial charge in [0.15, 0.2) is 0 Å². The van der Waals surface area contributed by atoms with E-state index in [1.165, 1.54) is 0 Å². The van der Waals surface area contributed by atoms with Crippen LogP contribution in [0.25, 0.3) is 0 Å². The topological polar surface area (TPSA) is 64.8 Å². The summed E-state index contributed by atoms with van der Waals surface area (Å²) in [6, 6.07) is 7.05. The number of nitrogens with zero attached hydrogens (tertiary/aromatic N) is 1. The van der Waals surface area contributed by atoms with Crippen molar-refractivity contribution in [3.05, 3.63) is 29.8 Å². The fourth-order valence-electron chi connectivity index (χ4n) is 1.58. The van der Waals surface area contributed by atoms with Crippen LogP contribution in [0.15, 0.2) is 24.3 Å². The molecule has 0 aromatic heterocycles. The van der Waals surface area contributed by atoms with Crippen LogP contribution in [0.5, 0.6) is 0 Å². The molecule has 0 unspecified atom stereocenters. The summed E-state index contributed by atoms with van der Waals surface area (Å²) in [5.41, 5.74) is 6.81. The highest BCUT2D eigenvalue weighted by molar-refractivity contribution is 5.99. The van der Waals surface area contributed by atoms with Gasteiger partial charge in [-0.15, -0.1) is 12.4 Å². The zero-order valence-electron chi connectivity index (χ0n) is 11.3. The molecule has 0 fully saturated rings. The summed E-state index contributed by atoms with van der Waals surface area (Å²) in [6.07, 6.45) is 0. The van der Waals surface area contributed by atoms with Crippen molar-refractivity contribution in [3.63, 3.8) is 0 Å². The van der Waals surface area contributed by atoms with Crippen LogP contribution < -0.4 is 5.73 Å². The highest BCUT2D eigenvalue weighted by Crippen LogP contribution is 2.13. The van der Waals surface area contributed by atoms with Gasteiger partial charge < -0.3 is 20.1 Å². The molecule has 0 bridgehead atoms. The van der Waals surface area contributed by atoms with Gasteiger partial charge >= 0.3 is 0 Å². The Hall–Kier alpha value is -1.30. The van der Waals surface area contributed by atoms with Crippen LogP contribution in [-0.2, 0) is 9.47 Å². The first-order valence-corrected chi connectivity index (χ1v) is 5.82. The number of carbonyl (C=O) groups is 1. The van der Waals surface area contributed by atoms with Crippen molar-refractivity contribution in [2.75, 3.05) is 46.3 Å². The van der Waals surface area contributed by atoms with E-state index in [9.17, 15) is 4.79 Å². The van der Waals surface area contributed by atoms with Crippen LogP contribution in [0.1, 0.15) is 10.4 Å². The fraction of sp³-hybridized carbons (Fsp3) is 0.462. The predicted octanol–water partition coefficient (Wildman–Crippen LogP) is 1.43. The average molecular weight is 289 g/mol. The summed E-state index contributed by atoms with van der Waals surface area (Å²) in [6.45, 7) is 2.02. The van der Waals surface area contributed by atoms with Crippen molar-refractivity contribution in [2.24, 2.45) is 0 Å². The maximum atomic E-state index is 12.3. The van der Waals surface area contributed by atoms with E-state index in [0.717, 1.165) is 0 Å². The van der Waals surface area contributed by atoms with E-state index < -0.39 is 0 Å². The molecule has 0 saturated carbocycles. The Morgan fingerprint density at radius 2 is 1.68 bits per heavy atom. The molecule has 0 saturated heterocycles. The van der Waals surface area contributed by atoms with Crippen LogP contribution in [-0.4, -0.2) is 51.3 Å². The monoisotopic (exact) mass is 288 g/mol. The maximum absolute atomic E-state index is 12.3. The van der Waals surface area contributed by atoms with Gasteiger partial charge in [0.1, 0.15) is 0 Å². The Morgan fingerprint density at radius 3 is 2.16 bits per heavy atom. The number of amides is 1. The summed E-state index contributed by atoms with van der Waals surface area (Å²) >= 11 is 0. The van der Waals surface area contributed by atoms with Crippen LogP contribution >= 0.6 is 12.4 Å². The molecule has 0 aliphatic carbocycles. The van der Waals surface area contributed by atoms with Gasteiger partial charge in [-0.05, 0) is 12.1 Å². The van der Waals surface area contributed by atoms with Gasteiger partial charge in [0, 0.05) is 33.0 Å². The van der Waals surface area contributed by atoms with E-state index in [1.54, 1.807) is 43.4 Å². The molecular formula is C13H21ClN2O3. The Balaban J connectivity index is 0.00000324.